The molecule has 1 aliphatic heterocycles. The quantitative estimate of drug-likeness (QED) is 0.163. The molecule has 1 saturated carbocycles. The molecule has 2 aliphatic rings. The van der Waals surface area contributed by atoms with E-state index in [1.165, 1.54) is 32.1 Å². The maximum Gasteiger partial charge on any atom is 0.326 e. The second-order valence-corrected chi connectivity index (χ2v) is 17.0. The molecule has 10 nitrogen and oxygen atoms in total. The molecule has 52 heavy (non-hydrogen) atoms. The number of sulfone groups is 1. The summed E-state index contributed by atoms with van der Waals surface area (Å²) < 4.78 is 41.0. The van der Waals surface area contributed by atoms with Crippen LogP contribution in [0.4, 0.5) is 0 Å². The van der Waals surface area contributed by atoms with E-state index in [4.69, 9.17) is 14.2 Å². The number of nitrogens with one attached hydrogen (secondary N) is 1. The van der Waals surface area contributed by atoms with Gasteiger partial charge < -0.3 is 24.6 Å². The fourth-order valence-electron chi connectivity index (χ4n) is 7.08. The SMILES string of the molecule is CCCC(C)OC(C)CC.COC[C@@H]1C[C@H](OC2CCCCC2)CN1Cc1ccc(C(=O)NC(CCS(C)(=O)=O)C(=O)O)c(-c2ccccc2C)c1. The highest BCUT2D eigenvalue weighted by atomic mass is 32.2. The normalized spacial score (nSPS) is 20.1. The number of carboxylic acids is 1. The Balaban J connectivity index is 0.000000636. The first-order valence-electron chi connectivity index (χ1n) is 19.2. The van der Waals surface area contributed by atoms with Gasteiger partial charge in [-0.05, 0) is 93.7 Å². The molecule has 2 fully saturated rings. The molecule has 0 radical (unpaired) electrons. The molecule has 1 aliphatic carbocycles. The van der Waals surface area contributed by atoms with Gasteiger partial charge in [0, 0.05) is 38.1 Å². The summed E-state index contributed by atoms with van der Waals surface area (Å²) in [5, 5.41) is 12.2. The Bertz CT molecular complexity index is 1510. The second kappa shape index (κ2) is 21.8. The van der Waals surface area contributed by atoms with Crippen LogP contribution >= 0.6 is 0 Å². The van der Waals surface area contributed by atoms with Crippen LogP contribution in [0, 0.1) is 6.92 Å². The van der Waals surface area contributed by atoms with Crippen LogP contribution in [0.1, 0.15) is 113 Å². The van der Waals surface area contributed by atoms with E-state index in [9.17, 15) is 23.1 Å². The summed E-state index contributed by atoms with van der Waals surface area (Å²) in [6.07, 6.45) is 12.7. The number of carboxylic acid groups (broad SMARTS) is 1. The van der Waals surface area contributed by atoms with Crippen molar-refractivity contribution in [2.75, 3.05) is 32.3 Å². The molecule has 292 valence electrons. The minimum Gasteiger partial charge on any atom is -0.480 e. The third kappa shape index (κ3) is 14.5. The van der Waals surface area contributed by atoms with Gasteiger partial charge in [0.25, 0.3) is 5.91 Å². The Morgan fingerprint density at radius 1 is 0.981 bits per heavy atom. The predicted octanol–water partition coefficient (Wildman–Crippen LogP) is 7.21. The number of carbonyl (C=O) groups excluding carboxylic acids is 1. The van der Waals surface area contributed by atoms with E-state index >= 15 is 0 Å². The van der Waals surface area contributed by atoms with Crippen LogP contribution in [0.25, 0.3) is 11.1 Å². The van der Waals surface area contributed by atoms with Crippen molar-refractivity contribution in [1.29, 1.82) is 0 Å². The molecule has 1 heterocycles. The van der Waals surface area contributed by atoms with Gasteiger partial charge in [0.05, 0.1) is 36.8 Å². The molecule has 0 bridgehead atoms. The van der Waals surface area contributed by atoms with E-state index in [0.29, 0.717) is 42.6 Å². The lowest BCUT2D eigenvalue weighted by Gasteiger charge is -2.26. The van der Waals surface area contributed by atoms with E-state index in [2.05, 4.69) is 37.9 Å². The summed E-state index contributed by atoms with van der Waals surface area (Å²) in [6, 6.07) is 12.3. The lowest BCUT2D eigenvalue weighted by atomic mass is 9.93. The van der Waals surface area contributed by atoms with Gasteiger partial charge in [-0.3, -0.25) is 9.69 Å². The fraction of sp³-hybridized carbons (Fsp3) is 0.659. The molecule has 0 aromatic heterocycles. The van der Waals surface area contributed by atoms with Gasteiger partial charge in [0.1, 0.15) is 15.9 Å². The standard InChI is InChI=1S/C32H44N2O7S.C9H20O/c1-22-9-7-8-12-27(22)29-17-23(13-14-28(29)31(35)33-30(32(36)37)15-16-42(3,38)39)19-34-20-26(18-24(34)21-40-2)41-25-10-5-4-6-11-25;1-5-7-9(4)10-8(3)6-2/h7-9,12-14,17,24-26,30H,4-6,10-11,15-16,18-21H2,1-3H3,(H,33,35)(H,36,37);8-9H,5-7H2,1-4H3/t24-,26-,30?;/m0./s1. The smallest absolute Gasteiger partial charge is 0.326 e. The van der Waals surface area contributed by atoms with Crippen LogP contribution in [0.3, 0.4) is 0 Å². The third-order valence-electron chi connectivity index (χ3n) is 10.1. The Morgan fingerprint density at radius 2 is 1.69 bits per heavy atom. The van der Waals surface area contributed by atoms with Gasteiger partial charge >= 0.3 is 5.97 Å². The first kappa shape index (κ1) is 43.6. The van der Waals surface area contributed by atoms with Crippen LogP contribution in [0.5, 0.6) is 0 Å². The molecular weight excluding hydrogens is 681 g/mol. The number of rotatable bonds is 18. The van der Waals surface area contributed by atoms with Crippen molar-refractivity contribution >= 4 is 21.7 Å². The highest BCUT2D eigenvalue weighted by molar-refractivity contribution is 7.90. The van der Waals surface area contributed by atoms with Gasteiger partial charge in [-0.1, -0.05) is 69.9 Å². The maximum absolute atomic E-state index is 13.4. The molecule has 1 saturated heterocycles. The average molecular weight is 745 g/mol. The number of aliphatic carboxylic acids is 1. The monoisotopic (exact) mass is 744 g/mol. The number of benzene rings is 2. The number of carbonyl (C=O) groups is 2. The Kier molecular flexibility index (Phi) is 18.2. The van der Waals surface area contributed by atoms with Crippen LogP contribution in [-0.2, 0) is 35.4 Å². The molecular formula is C41H64N2O8S. The van der Waals surface area contributed by atoms with Crippen LogP contribution in [0.15, 0.2) is 42.5 Å². The Labute approximate surface area is 312 Å². The highest BCUT2D eigenvalue weighted by Crippen LogP contribution is 2.31. The summed E-state index contributed by atoms with van der Waals surface area (Å²) in [7, 11) is -1.67. The molecule has 4 rings (SSSR count). The molecule has 11 heteroatoms. The van der Waals surface area contributed by atoms with Crippen molar-refractivity contribution < 1.29 is 37.3 Å². The highest BCUT2D eigenvalue weighted by Gasteiger charge is 2.34. The van der Waals surface area contributed by atoms with Crippen LogP contribution in [0.2, 0.25) is 0 Å². The number of aryl methyl sites for hydroxylation is 1. The molecule has 2 aromatic carbocycles. The molecule has 0 spiro atoms. The van der Waals surface area contributed by atoms with E-state index in [1.54, 1.807) is 13.2 Å². The zero-order valence-corrected chi connectivity index (χ0v) is 33.4. The number of likely N-dealkylation sites (tertiary alicyclic amines) is 1. The van der Waals surface area contributed by atoms with Gasteiger partial charge in [0.15, 0.2) is 0 Å². The van der Waals surface area contributed by atoms with Gasteiger partial charge in [-0.25, -0.2) is 13.2 Å². The zero-order valence-electron chi connectivity index (χ0n) is 32.6. The van der Waals surface area contributed by atoms with Crippen molar-refractivity contribution in [2.24, 2.45) is 0 Å². The zero-order chi connectivity index (χ0) is 38.3. The molecule has 2 N–H and O–H groups in total. The topological polar surface area (TPSA) is 131 Å². The largest absolute Gasteiger partial charge is 0.480 e. The Morgan fingerprint density at radius 3 is 2.31 bits per heavy atom. The molecule has 3 unspecified atom stereocenters. The van der Waals surface area contributed by atoms with Crippen molar-refractivity contribution in [3.63, 3.8) is 0 Å². The van der Waals surface area contributed by atoms with E-state index in [-0.39, 0.29) is 24.3 Å². The summed E-state index contributed by atoms with van der Waals surface area (Å²) in [5.41, 5.74) is 3.92. The van der Waals surface area contributed by atoms with Crippen molar-refractivity contribution in [3.8, 4) is 11.1 Å². The molecule has 2 aromatic rings. The molecule has 1 amide bonds. The first-order valence-corrected chi connectivity index (χ1v) is 21.2. The second-order valence-electron chi connectivity index (χ2n) is 14.7. The van der Waals surface area contributed by atoms with E-state index in [0.717, 1.165) is 55.2 Å². The number of hydrogen-bond acceptors (Lipinski definition) is 8. The van der Waals surface area contributed by atoms with Gasteiger partial charge in [0.2, 0.25) is 0 Å². The predicted molar refractivity (Wildman–Crippen MR) is 207 cm³/mol. The van der Waals surface area contributed by atoms with E-state index < -0.39 is 27.8 Å². The van der Waals surface area contributed by atoms with Crippen molar-refractivity contribution in [3.05, 3.63) is 59.2 Å². The van der Waals surface area contributed by atoms with Crippen LogP contribution < -0.4 is 5.32 Å². The summed E-state index contributed by atoms with van der Waals surface area (Å²) in [5.74, 6) is -2.16. The number of nitrogens with zero attached hydrogens (tertiary/aromatic N) is 1. The van der Waals surface area contributed by atoms with Gasteiger partial charge in [-0.15, -0.1) is 0 Å². The summed E-state index contributed by atoms with van der Waals surface area (Å²) in [4.78, 5) is 27.7. The first-order chi connectivity index (χ1) is 24.7. The third-order valence-corrected chi connectivity index (χ3v) is 11.0. The average Bonchev–Trinajstić information content (AvgIpc) is 3.46. The van der Waals surface area contributed by atoms with E-state index in [1.807, 2.05) is 43.3 Å². The number of ether oxygens (including phenoxy) is 3. The minimum absolute atomic E-state index is 0.161. The van der Waals surface area contributed by atoms with Crippen molar-refractivity contribution in [2.45, 2.75) is 142 Å². The number of methoxy groups -OCH3 is 1. The summed E-state index contributed by atoms with van der Waals surface area (Å²) >= 11 is 0. The fourth-order valence-corrected chi connectivity index (χ4v) is 7.75. The number of hydrogen-bond donors (Lipinski definition) is 2. The minimum atomic E-state index is -3.39. The summed E-state index contributed by atoms with van der Waals surface area (Å²) in [6.45, 7) is 12.7. The van der Waals surface area contributed by atoms with Gasteiger partial charge in [-0.2, -0.15) is 0 Å². The van der Waals surface area contributed by atoms with Crippen molar-refractivity contribution in [1.82, 2.24) is 10.2 Å². The lowest BCUT2D eigenvalue weighted by molar-refractivity contribution is -0.139. The van der Waals surface area contributed by atoms with Crippen LogP contribution in [-0.4, -0.2) is 99.1 Å². The maximum atomic E-state index is 13.4. The lowest BCUT2D eigenvalue weighted by Crippen LogP contribution is -2.42. The number of amides is 1. The Hall–Kier alpha value is -2.83. The molecule has 5 atom stereocenters.